The van der Waals surface area contributed by atoms with E-state index in [1.54, 1.807) is 6.07 Å². The maximum Gasteiger partial charge on any atom is 0.289 e. The highest BCUT2D eigenvalue weighted by Crippen LogP contribution is 2.36. The van der Waals surface area contributed by atoms with E-state index in [0.717, 1.165) is 10.8 Å². The standard InChI is InChI=1S/C19H13BrClN3O4S/c1-28-17-13(8-10-4-2-3-5-12(10)16(17)20)18(25)23-19(29)22-11-6-7-14(21)15(9-11)24(26)27/h2-9H,1H3,(H2,22,23,25,29). The summed E-state index contributed by atoms with van der Waals surface area (Å²) >= 11 is 14.4. The van der Waals surface area contributed by atoms with Crippen LogP contribution < -0.4 is 15.4 Å². The number of carbonyl (C=O) groups is 1. The Balaban J connectivity index is 1.84. The molecule has 29 heavy (non-hydrogen) atoms. The van der Waals surface area contributed by atoms with Crippen molar-refractivity contribution in [3.63, 3.8) is 0 Å². The number of benzene rings is 3. The number of hydrogen-bond donors (Lipinski definition) is 2. The lowest BCUT2D eigenvalue weighted by molar-refractivity contribution is -0.384. The van der Waals surface area contributed by atoms with Crippen molar-refractivity contribution in [1.29, 1.82) is 0 Å². The second-order valence-electron chi connectivity index (χ2n) is 5.82. The Labute approximate surface area is 184 Å². The molecule has 0 saturated heterocycles. The van der Waals surface area contributed by atoms with Gasteiger partial charge in [-0.1, -0.05) is 35.9 Å². The molecule has 3 aromatic carbocycles. The fourth-order valence-electron chi connectivity index (χ4n) is 2.72. The minimum absolute atomic E-state index is 0.00116. The number of rotatable bonds is 4. The number of nitro benzene ring substituents is 1. The van der Waals surface area contributed by atoms with Crippen LogP contribution in [-0.4, -0.2) is 23.1 Å². The largest absolute Gasteiger partial charge is 0.495 e. The highest BCUT2D eigenvalue weighted by Gasteiger charge is 2.19. The maximum atomic E-state index is 12.8. The Morgan fingerprint density at radius 1 is 1.24 bits per heavy atom. The molecule has 1 amide bonds. The molecule has 0 radical (unpaired) electrons. The van der Waals surface area contributed by atoms with Crippen LogP contribution in [0, 0.1) is 10.1 Å². The van der Waals surface area contributed by atoms with Gasteiger partial charge in [0.05, 0.1) is 22.1 Å². The molecule has 0 aliphatic rings. The van der Waals surface area contributed by atoms with Crippen molar-refractivity contribution in [2.45, 2.75) is 0 Å². The molecule has 7 nitrogen and oxygen atoms in total. The van der Waals surface area contributed by atoms with Crippen LogP contribution in [0.5, 0.6) is 5.75 Å². The van der Waals surface area contributed by atoms with Crippen LogP contribution in [0.15, 0.2) is 53.0 Å². The molecule has 0 spiro atoms. The third-order valence-corrected chi connectivity index (χ3v) is 5.33. The van der Waals surface area contributed by atoms with Crippen molar-refractivity contribution in [2.75, 3.05) is 12.4 Å². The number of carbonyl (C=O) groups excluding carboxylic acids is 1. The molecule has 10 heteroatoms. The molecular weight excluding hydrogens is 482 g/mol. The minimum Gasteiger partial charge on any atom is -0.495 e. The lowest BCUT2D eigenvalue weighted by Gasteiger charge is -2.14. The van der Waals surface area contributed by atoms with E-state index in [-0.39, 0.29) is 21.4 Å². The van der Waals surface area contributed by atoms with Crippen LogP contribution in [0.2, 0.25) is 5.02 Å². The van der Waals surface area contributed by atoms with Crippen LogP contribution in [0.4, 0.5) is 11.4 Å². The van der Waals surface area contributed by atoms with Crippen molar-refractivity contribution in [1.82, 2.24) is 5.32 Å². The number of hydrogen-bond acceptors (Lipinski definition) is 5. The van der Waals surface area contributed by atoms with Gasteiger partial charge in [0.15, 0.2) is 5.11 Å². The van der Waals surface area contributed by atoms with E-state index >= 15 is 0 Å². The van der Waals surface area contributed by atoms with E-state index in [1.807, 2.05) is 24.3 Å². The first-order valence-electron chi connectivity index (χ1n) is 8.13. The van der Waals surface area contributed by atoms with E-state index in [4.69, 9.17) is 28.6 Å². The topological polar surface area (TPSA) is 93.5 Å². The van der Waals surface area contributed by atoms with Gasteiger partial charge in [-0.25, -0.2) is 0 Å². The lowest BCUT2D eigenvalue weighted by Crippen LogP contribution is -2.34. The third kappa shape index (κ3) is 4.47. The first kappa shape index (κ1) is 21.0. The number of anilines is 1. The normalized spacial score (nSPS) is 10.4. The molecule has 0 atom stereocenters. The van der Waals surface area contributed by atoms with Crippen molar-refractivity contribution in [3.8, 4) is 5.75 Å². The summed E-state index contributed by atoms with van der Waals surface area (Å²) in [4.78, 5) is 23.2. The first-order valence-corrected chi connectivity index (χ1v) is 9.71. The average molecular weight is 495 g/mol. The number of nitro groups is 1. The Kier molecular flexibility index (Phi) is 6.31. The van der Waals surface area contributed by atoms with Gasteiger partial charge in [0.1, 0.15) is 10.8 Å². The molecule has 0 heterocycles. The molecule has 0 aromatic heterocycles. The number of thiocarbonyl (C=S) groups is 1. The highest BCUT2D eigenvalue weighted by atomic mass is 79.9. The molecule has 148 valence electrons. The predicted octanol–water partition coefficient (Wildman–Crippen LogP) is 5.30. The van der Waals surface area contributed by atoms with Crippen LogP contribution in [0.1, 0.15) is 10.4 Å². The molecular formula is C19H13BrClN3O4S. The molecule has 2 N–H and O–H groups in total. The number of fused-ring (bicyclic) bond motifs is 1. The summed E-state index contributed by atoms with van der Waals surface area (Å²) in [5, 5.41) is 18.0. The fourth-order valence-corrected chi connectivity index (χ4v) is 3.85. The Hall–Kier alpha value is -2.75. The second-order valence-corrected chi connectivity index (χ2v) is 7.43. The van der Waals surface area contributed by atoms with E-state index < -0.39 is 10.8 Å². The van der Waals surface area contributed by atoms with E-state index in [1.165, 1.54) is 25.3 Å². The van der Waals surface area contributed by atoms with Gasteiger partial charge in [0, 0.05) is 11.8 Å². The fraction of sp³-hybridized carbons (Fsp3) is 0.0526. The molecule has 3 aromatic rings. The lowest BCUT2D eigenvalue weighted by atomic mass is 10.1. The van der Waals surface area contributed by atoms with Gasteiger partial charge in [-0.3, -0.25) is 20.2 Å². The van der Waals surface area contributed by atoms with Gasteiger partial charge in [0.2, 0.25) is 0 Å². The van der Waals surface area contributed by atoms with E-state index in [2.05, 4.69) is 26.6 Å². The Morgan fingerprint density at radius 2 is 1.97 bits per heavy atom. The van der Waals surface area contributed by atoms with Crippen molar-refractivity contribution < 1.29 is 14.5 Å². The van der Waals surface area contributed by atoms with Crippen LogP contribution in [0.3, 0.4) is 0 Å². The van der Waals surface area contributed by atoms with Gasteiger partial charge in [-0.15, -0.1) is 0 Å². The molecule has 0 bridgehead atoms. The maximum absolute atomic E-state index is 12.8. The molecule has 0 aliphatic heterocycles. The highest BCUT2D eigenvalue weighted by molar-refractivity contribution is 9.10. The SMILES string of the molecule is COc1c(C(=O)NC(=S)Nc2ccc(Cl)c([N+](=O)[O-])c2)cc2ccccc2c1Br. The number of nitrogens with zero attached hydrogens (tertiary/aromatic N) is 1. The number of ether oxygens (including phenoxy) is 1. The summed E-state index contributed by atoms with van der Waals surface area (Å²) in [7, 11) is 1.47. The third-order valence-electron chi connectivity index (χ3n) is 4.02. The molecule has 0 fully saturated rings. The summed E-state index contributed by atoms with van der Waals surface area (Å²) in [6, 6.07) is 13.3. The Bertz CT molecular complexity index is 1160. The summed E-state index contributed by atoms with van der Waals surface area (Å²) < 4.78 is 6.05. The first-order chi connectivity index (χ1) is 13.8. The zero-order valence-corrected chi connectivity index (χ0v) is 18.0. The van der Waals surface area contributed by atoms with E-state index in [9.17, 15) is 14.9 Å². The number of halogens is 2. The predicted molar refractivity (Wildman–Crippen MR) is 120 cm³/mol. The van der Waals surface area contributed by atoms with Crippen LogP contribution >= 0.6 is 39.7 Å². The summed E-state index contributed by atoms with van der Waals surface area (Å²) in [6.45, 7) is 0. The Morgan fingerprint density at radius 3 is 2.66 bits per heavy atom. The zero-order valence-electron chi connectivity index (χ0n) is 14.9. The minimum atomic E-state index is -0.605. The zero-order chi connectivity index (χ0) is 21.1. The smallest absolute Gasteiger partial charge is 0.289 e. The number of methoxy groups -OCH3 is 1. The molecule has 0 aliphatic carbocycles. The van der Waals surface area contributed by atoms with E-state index in [0.29, 0.717) is 15.9 Å². The average Bonchev–Trinajstić information content (AvgIpc) is 2.69. The van der Waals surface area contributed by atoms with Crippen molar-refractivity contribution in [3.05, 3.63) is 73.7 Å². The second kappa shape index (κ2) is 8.73. The molecule has 0 unspecified atom stereocenters. The van der Waals surface area contributed by atoms with Crippen LogP contribution in [-0.2, 0) is 0 Å². The van der Waals surface area contributed by atoms with Gasteiger partial charge >= 0.3 is 0 Å². The summed E-state index contributed by atoms with van der Waals surface area (Å²) in [5.74, 6) is -0.125. The number of amides is 1. The van der Waals surface area contributed by atoms with Gasteiger partial charge in [-0.2, -0.15) is 0 Å². The number of nitrogens with one attached hydrogen (secondary N) is 2. The van der Waals surface area contributed by atoms with Crippen molar-refractivity contribution >= 4 is 72.9 Å². The van der Waals surface area contributed by atoms with Gasteiger partial charge in [-0.05, 0) is 57.1 Å². The van der Waals surface area contributed by atoms with Gasteiger partial charge in [0.25, 0.3) is 11.6 Å². The summed E-state index contributed by atoms with van der Waals surface area (Å²) in [6.07, 6.45) is 0. The van der Waals surface area contributed by atoms with Gasteiger partial charge < -0.3 is 10.1 Å². The quantitative estimate of drug-likeness (QED) is 0.290. The molecule has 3 rings (SSSR count). The van der Waals surface area contributed by atoms with Crippen molar-refractivity contribution in [2.24, 2.45) is 0 Å². The summed E-state index contributed by atoms with van der Waals surface area (Å²) in [5.41, 5.74) is 0.327. The monoisotopic (exact) mass is 493 g/mol. The molecule has 0 saturated carbocycles. The van der Waals surface area contributed by atoms with Crippen LogP contribution in [0.25, 0.3) is 10.8 Å².